The first kappa shape index (κ1) is 17.1. The van der Waals surface area contributed by atoms with Gasteiger partial charge >= 0.3 is 0 Å². The number of carbonyl (C=O) groups excluding carboxylic acids is 1. The van der Waals surface area contributed by atoms with Crippen molar-refractivity contribution in [3.8, 4) is 0 Å². The monoisotopic (exact) mass is 354 g/mol. The molecule has 2 fully saturated rings. The van der Waals surface area contributed by atoms with E-state index in [0.29, 0.717) is 5.69 Å². The molecule has 1 amide bonds. The number of amides is 1. The maximum atomic E-state index is 13.3. The fraction of sp³-hybridized carbons (Fsp3) is 0.400. The lowest BCUT2D eigenvalue weighted by Crippen LogP contribution is -2.55. The largest absolute Gasteiger partial charge is 0.323 e. The number of carbonyl (C=O) groups is 1. The molecule has 1 aliphatic heterocycles. The van der Waals surface area contributed by atoms with E-state index in [-0.39, 0.29) is 5.91 Å². The molecule has 1 aromatic heterocycles. The number of anilines is 1. The summed E-state index contributed by atoms with van der Waals surface area (Å²) in [6.07, 6.45) is 4.34. The Labute approximate surface area is 152 Å². The van der Waals surface area contributed by atoms with Gasteiger partial charge in [0.25, 0.3) is 0 Å². The van der Waals surface area contributed by atoms with Gasteiger partial charge in [0.2, 0.25) is 5.91 Å². The molecule has 2 heterocycles. The van der Waals surface area contributed by atoms with Crippen molar-refractivity contribution in [2.75, 3.05) is 31.5 Å². The van der Waals surface area contributed by atoms with Crippen molar-refractivity contribution >= 4 is 11.6 Å². The zero-order chi connectivity index (χ0) is 18.0. The van der Waals surface area contributed by atoms with E-state index in [9.17, 15) is 9.18 Å². The third kappa shape index (κ3) is 3.61. The molecule has 136 valence electrons. The number of rotatable bonds is 5. The Morgan fingerprint density at radius 1 is 1.12 bits per heavy atom. The van der Waals surface area contributed by atoms with Crippen LogP contribution in [0.4, 0.5) is 10.1 Å². The van der Waals surface area contributed by atoms with Gasteiger partial charge in [-0.1, -0.05) is 30.3 Å². The number of hydrogen-bond donors (Lipinski definition) is 1. The van der Waals surface area contributed by atoms with E-state index in [2.05, 4.69) is 44.4 Å². The third-order valence-electron chi connectivity index (χ3n) is 5.34. The molecule has 1 N–H and O–H groups in total. The number of pyridine rings is 1. The second-order valence-electron chi connectivity index (χ2n) is 7.13. The van der Waals surface area contributed by atoms with E-state index in [0.717, 1.165) is 51.8 Å². The molecule has 1 aromatic carbocycles. The molecule has 2 aromatic rings. The predicted molar refractivity (Wildman–Crippen MR) is 98.1 cm³/mol. The predicted octanol–water partition coefficient (Wildman–Crippen LogP) is 2.51. The van der Waals surface area contributed by atoms with Crippen LogP contribution in [0.25, 0.3) is 0 Å². The van der Waals surface area contributed by atoms with Crippen LogP contribution in [-0.4, -0.2) is 52.4 Å². The molecule has 4 rings (SSSR count). The summed E-state index contributed by atoms with van der Waals surface area (Å²) in [6.45, 7) is 4.60. The highest BCUT2D eigenvalue weighted by molar-refractivity contribution is 6.00. The Morgan fingerprint density at radius 3 is 2.50 bits per heavy atom. The first-order chi connectivity index (χ1) is 12.7. The highest BCUT2D eigenvalue weighted by atomic mass is 19.1. The van der Waals surface area contributed by atoms with Crippen molar-refractivity contribution in [3.63, 3.8) is 0 Å². The van der Waals surface area contributed by atoms with E-state index < -0.39 is 11.4 Å². The fourth-order valence-electron chi connectivity index (χ4n) is 3.71. The van der Waals surface area contributed by atoms with E-state index in [1.165, 1.54) is 17.8 Å². The third-order valence-corrected chi connectivity index (χ3v) is 5.34. The molecule has 0 spiro atoms. The lowest BCUT2D eigenvalue weighted by atomic mass is 10.1. The molecule has 0 atom stereocenters. The molecule has 5 nitrogen and oxygen atoms in total. The van der Waals surface area contributed by atoms with Crippen molar-refractivity contribution in [1.82, 2.24) is 14.8 Å². The summed E-state index contributed by atoms with van der Waals surface area (Å²) in [5, 5.41) is 2.84. The lowest BCUT2D eigenvalue weighted by Gasteiger charge is -2.39. The standard InChI is InChI=1S/C20H23FN4O/c21-17-12-18(14-22-13-17)23-19(26)20(6-7-20)25-10-8-24(9-11-25)15-16-4-2-1-3-5-16/h1-5,12-14H,6-11,15H2,(H,23,26). The van der Waals surface area contributed by atoms with Crippen molar-refractivity contribution < 1.29 is 9.18 Å². The molecule has 0 bridgehead atoms. The number of halogens is 1. The fourth-order valence-corrected chi connectivity index (χ4v) is 3.71. The summed E-state index contributed by atoms with van der Waals surface area (Å²) in [7, 11) is 0. The van der Waals surface area contributed by atoms with Gasteiger partial charge in [0, 0.05) is 38.8 Å². The van der Waals surface area contributed by atoms with Crippen LogP contribution >= 0.6 is 0 Å². The highest BCUT2D eigenvalue weighted by Crippen LogP contribution is 2.43. The number of nitrogens with zero attached hydrogens (tertiary/aromatic N) is 3. The second kappa shape index (κ2) is 7.13. The van der Waals surface area contributed by atoms with E-state index in [4.69, 9.17) is 0 Å². The topological polar surface area (TPSA) is 48.5 Å². The average Bonchev–Trinajstić information content (AvgIpc) is 3.45. The molecule has 26 heavy (non-hydrogen) atoms. The smallest absolute Gasteiger partial charge is 0.244 e. The molecule has 0 radical (unpaired) electrons. The summed E-state index contributed by atoms with van der Waals surface area (Å²) >= 11 is 0. The molecule has 2 aliphatic rings. The van der Waals surface area contributed by atoms with E-state index in [1.54, 1.807) is 0 Å². The van der Waals surface area contributed by atoms with Crippen LogP contribution in [-0.2, 0) is 11.3 Å². The molecular formula is C20H23FN4O. The Morgan fingerprint density at radius 2 is 1.85 bits per heavy atom. The summed E-state index contributed by atoms with van der Waals surface area (Å²) in [4.78, 5) is 21.3. The van der Waals surface area contributed by atoms with Crippen molar-refractivity contribution in [2.24, 2.45) is 0 Å². The van der Waals surface area contributed by atoms with Gasteiger partial charge in [0.15, 0.2) is 0 Å². The Hall–Kier alpha value is -2.31. The van der Waals surface area contributed by atoms with Crippen LogP contribution in [0.2, 0.25) is 0 Å². The van der Waals surface area contributed by atoms with Crippen molar-refractivity contribution in [2.45, 2.75) is 24.9 Å². The molecule has 1 saturated carbocycles. The van der Waals surface area contributed by atoms with E-state index >= 15 is 0 Å². The molecule has 1 aliphatic carbocycles. The quantitative estimate of drug-likeness (QED) is 0.896. The van der Waals surface area contributed by atoms with Gasteiger partial charge in [-0.05, 0) is 18.4 Å². The highest BCUT2D eigenvalue weighted by Gasteiger charge is 2.54. The minimum absolute atomic E-state index is 0.0404. The van der Waals surface area contributed by atoms with E-state index in [1.807, 2.05) is 6.07 Å². The normalized spacial score (nSPS) is 19.9. The summed E-state index contributed by atoms with van der Waals surface area (Å²) in [6, 6.07) is 11.8. The number of benzene rings is 1. The van der Waals surface area contributed by atoms with Crippen LogP contribution in [0.1, 0.15) is 18.4 Å². The lowest BCUT2D eigenvalue weighted by molar-refractivity contribution is -0.123. The zero-order valence-corrected chi connectivity index (χ0v) is 14.7. The summed E-state index contributed by atoms with van der Waals surface area (Å²) < 4.78 is 13.3. The maximum Gasteiger partial charge on any atom is 0.244 e. The van der Waals surface area contributed by atoms with Gasteiger partial charge in [-0.15, -0.1) is 0 Å². The van der Waals surface area contributed by atoms with Gasteiger partial charge in [0.1, 0.15) is 11.4 Å². The van der Waals surface area contributed by atoms with Crippen LogP contribution in [0.3, 0.4) is 0 Å². The zero-order valence-electron chi connectivity index (χ0n) is 14.7. The molecular weight excluding hydrogens is 331 g/mol. The first-order valence-electron chi connectivity index (χ1n) is 9.09. The number of nitrogens with one attached hydrogen (secondary N) is 1. The SMILES string of the molecule is O=C(Nc1cncc(F)c1)C1(N2CCN(Cc3ccccc3)CC2)CC1. The molecule has 6 heteroatoms. The second-order valence-corrected chi connectivity index (χ2v) is 7.13. The number of aromatic nitrogens is 1. The number of hydrogen-bond acceptors (Lipinski definition) is 4. The van der Waals surface area contributed by atoms with Crippen LogP contribution in [0, 0.1) is 5.82 Å². The Balaban J connectivity index is 1.34. The van der Waals surface area contributed by atoms with Gasteiger partial charge < -0.3 is 5.32 Å². The first-order valence-corrected chi connectivity index (χ1v) is 9.09. The average molecular weight is 354 g/mol. The minimum atomic E-state index is -0.442. The van der Waals surface area contributed by atoms with Gasteiger partial charge in [-0.3, -0.25) is 19.6 Å². The molecule has 1 saturated heterocycles. The van der Waals surface area contributed by atoms with Gasteiger partial charge in [-0.2, -0.15) is 0 Å². The molecule has 0 unspecified atom stereocenters. The summed E-state index contributed by atoms with van der Waals surface area (Å²) in [5.74, 6) is -0.483. The van der Waals surface area contributed by atoms with Crippen molar-refractivity contribution in [3.05, 3.63) is 60.2 Å². The van der Waals surface area contributed by atoms with Gasteiger partial charge in [0.05, 0.1) is 18.1 Å². The van der Waals surface area contributed by atoms with Crippen molar-refractivity contribution in [1.29, 1.82) is 0 Å². The van der Waals surface area contributed by atoms with Gasteiger partial charge in [-0.25, -0.2) is 4.39 Å². The van der Waals surface area contributed by atoms with Crippen LogP contribution < -0.4 is 5.32 Å². The Bertz CT molecular complexity index is 770. The summed E-state index contributed by atoms with van der Waals surface area (Å²) in [5.41, 5.74) is 1.31. The number of piperazine rings is 1. The maximum absolute atomic E-state index is 13.3. The van der Waals surface area contributed by atoms with Crippen LogP contribution in [0.5, 0.6) is 0 Å². The van der Waals surface area contributed by atoms with Crippen LogP contribution in [0.15, 0.2) is 48.8 Å². The minimum Gasteiger partial charge on any atom is -0.323 e. The Kier molecular flexibility index (Phi) is 4.70.